The number of aromatic nitrogens is 3. The van der Waals surface area contributed by atoms with E-state index in [1.807, 2.05) is 18.2 Å². The largest absolute Gasteiger partial charge is 0.475 e. The van der Waals surface area contributed by atoms with Crippen LogP contribution in [0.4, 0.5) is 0 Å². The first-order valence-corrected chi connectivity index (χ1v) is 8.09. The number of carboxylic acids is 1. The summed E-state index contributed by atoms with van der Waals surface area (Å²) in [6.07, 6.45) is 0. The summed E-state index contributed by atoms with van der Waals surface area (Å²) in [5.41, 5.74) is 2.63. The molecular formula is C17H10Cl2N4O2. The SMILES string of the molecule is O=C(O)c1nnc2n1-c1ccc(Cl)cc1C(c1ccccc1Cl)=NC2. The number of aromatic carboxylic acids is 1. The molecule has 0 spiro atoms. The second kappa shape index (κ2) is 5.98. The first-order chi connectivity index (χ1) is 12.1. The van der Waals surface area contributed by atoms with E-state index in [-0.39, 0.29) is 12.4 Å². The lowest BCUT2D eigenvalue weighted by Crippen LogP contribution is -2.13. The number of hydrogen-bond acceptors (Lipinski definition) is 4. The summed E-state index contributed by atoms with van der Waals surface area (Å²) in [4.78, 5) is 16.1. The summed E-state index contributed by atoms with van der Waals surface area (Å²) >= 11 is 12.5. The van der Waals surface area contributed by atoms with Crippen molar-refractivity contribution >= 4 is 34.9 Å². The molecule has 0 saturated carbocycles. The van der Waals surface area contributed by atoms with E-state index in [0.29, 0.717) is 32.8 Å². The Morgan fingerprint density at radius 3 is 2.64 bits per heavy atom. The van der Waals surface area contributed by atoms with Crippen LogP contribution in [-0.2, 0) is 6.54 Å². The van der Waals surface area contributed by atoms with Gasteiger partial charge in [-0.2, -0.15) is 0 Å². The lowest BCUT2D eigenvalue weighted by atomic mass is 10.0. The predicted molar refractivity (Wildman–Crippen MR) is 94.1 cm³/mol. The molecule has 6 nitrogen and oxygen atoms in total. The Kier molecular flexibility index (Phi) is 3.78. The molecule has 0 aliphatic carbocycles. The molecule has 25 heavy (non-hydrogen) atoms. The molecule has 1 aromatic heterocycles. The van der Waals surface area contributed by atoms with Crippen LogP contribution < -0.4 is 0 Å². The highest BCUT2D eigenvalue weighted by Gasteiger charge is 2.26. The zero-order valence-electron chi connectivity index (χ0n) is 12.6. The molecule has 0 bridgehead atoms. The molecule has 2 aromatic carbocycles. The standard InChI is InChI=1S/C17H10Cl2N4O2/c18-9-5-6-13-11(7-9)15(10-3-1-2-4-12(10)19)20-8-14-21-22-16(17(24)25)23(13)14/h1-7H,8H2,(H,24,25). The number of rotatable bonds is 2. The highest BCUT2D eigenvalue weighted by molar-refractivity contribution is 6.36. The Morgan fingerprint density at radius 1 is 1.08 bits per heavy atom. The third-order valence-corrected chi connectivity index (χ3v) is 4.45. The maximum atomic E-state index is 11.5. The topological polar surface area (TPSA) is 80.4 Å². The average molecular weight is 373 g/mol. The van der Waals surface area contributed by atoms with E-state index in [2.05, 4.69) is 15.2 Å². The van der Waals surface area contributed by atoms with Crippen LogP contribution >= 0.6 is 23.2 Å². The molecule has 0 radical (unpaired) electrons. The fourth-order valence-corrected chi connectivity index (χ4v) is 3.22. The van der Waals surface area contributed by atoms with Crippen molar-refractivity contribution in [2.75, 3.05) is 0 Å². The van der Waals surface area contributed by atoms with E-state index in [9.17, 15) is 9.90 Å². The van der Waals surface area contributed by atoms with Crippen molar-refractivity contribution in [2.45, 2.75) is 6.54 Å². The van der Waals surface area contributed by atoms with Gasteiger partial charge in [0.15, 0.2) is 5.82 Å². The number of carboxylic acid groups (broad SMARTS) is 1. The zero-order valence-corrected chi connectivity index (χ0v) is 14.2. The number of benzene rings is 2. The summed E-state index contributed by atoms with van der Waals surface area (Å²) in [5, 5.41) is 18.2. The molecule has 0 atom stereocenters. The van der Waals surface area contributed by atoms with Crippen LogP contribution in [-0.4, -0.2) is 31.6 Å². The molecule has 4 rings (SSSR count). The van der Waals surface area contributed by atoms with Crippen molar-refractivity contribution in [1.82, 2.24) is 14.8 Å². The maximum absolute atomic E-state index is 11.5. The Morgan fingerprint density at radius 2 is 1.88 bits per heavy atom. The third-order valence-electron chi connectivity index (χ3n) is 3.88. The average Bonchev–Trinajstić information content (AvgIpc) is 2.94. The van der Waals surface area contributed by atoms with Gasteiger partial charge in [0, 0.05) is 21.2 Å². The molecule has 0 unspecified atom stereocenters. The van der Waals surface area contributed by atoms with Crippen molar-refractivity contribution in [3.63, 3.8) is 0 Å². The van der Waals surface area contributed by atoms with Crippen molar-refractivity contribution in [3.8, 4) is 5.69 Å². The first kappa shape index (κ1) is 15.8. The molecule has 2 heterocycles. The second-order valence-corrected chi connectivity index (χ2v) is 6.23. The molecular weight excluding hydrogens is 363 g/mol. The minimum atomic E-state index is -1.17. The molecule has 1 aliphatic heterocycles. The monoisotopic (exact) mass is 372 g/mol. The second-order valence-electron chi connectivity index (χ2n) is 5.39. The van der Waals surface area contributed by atoms with Crippen LogP contribution in [0.3, 0.4) is 0 Å². The van der Waals surface area contributed by atoms with Crippen LogP contribution in [0, 0.1) is 0 Å². The quantitative estimate of drug-likeness (QED) is 0.744. The molecule has 0 saturated heterocycles. The number of halogens is 2. The minimum absolute atomic E-state index is 0.172. The Balaban J connectivity index is 2.03. The van der Waals surface area contributed by atoms with E-state index >= 15 is 0 Å². The van der Waals surface area contributed by atoms with Crippen molar-refractivity contribution in [2.24, 2.45) is 4.99 Å². The van der Waals surface area contributed by atoms with Crippen molar-refractivity contribution in [3.05, 3.63) is 75.3 Å². The van der Waals surface area contributed by atoms with Crippen molar-refractivity contribution < 1.29 is 9.90 Å². The highest BCUT2D eigenvalue weighted by atomic mass is 35.5. The molecule has 0 fully saturated rings. The normalized spacial score (nSPS) is 12.8. The van der Waals surface area contributed by atoms with E-state index in [1.54, 1.807) is 24.3 Å². The van der Waals surface area contributed by atoms with Crippen LogP contribution in [0.25, 0.3) is 5.69 Å². The van der Waals surface area contributed by atoms with Gasteiger partial charge in [0.1, 0.15) is 6.54 Å². The van der Waals surface area contributed by atoms with Gasteiger partial charge in [-0.15, -0.1) is 10.2 Å². The smallest absolute Gasteiger partial charge is 0.374 e. The van der Waals surface area contributed by atoms with Crippen LogP contribution in [0.15, 0.2) is 47.5 Å². The first-order valence-electron chi connectivity index (χ1n) is 7.33. The Hall–Kier alpha value is -2.70. The van der Waals surface area contributed by atoms with Gasteiger partial charge in [-0.3, -0.25) is 9.56 Å². The lowest BCUT2D eigenvalue weighted by Gasteiger charge is -2.13. The number of aliphatic imine (C=N–C) groups is 1. The molecule has 0 amide bonds. The lowest BCUT2D eigenvalue weighted by molar-refractivity contribution is 0.0680. The summed E-state index contributed by atoms with van der Waals surface area (Å²) in [7, 11) is 0. The molecule has 1 N–H and O–H groups in total. The highest BCUT2D eigenvalue weighted by Crippen LogP contribution is 2.30. The fraction of sp³-hybridized carbons (Fsp3) is 0.0588. The van der Waals surface area contributed by atoms with Gasteiger partial charge in [0.05, 0.1) is 11.4 Å². The molecule has 124 valence electrons. The molecule has 3 aromatic rings. The predicted octanol–water partition coefficient (Wildman–Crippen LogP) is 3.62. The van der Waals surface area contributed by atoms with Gasteiger partial charge in [-0.25, -0.2) is 4.79 Å². The number of fused-ring (bicyclic) bond motifs is 3. The summed E-state index contributed by atoms with van der Waals surface area (Å²) in [5.74, 6) is -0.905. The van der Waals surface area contributed by atoms with Gasteiger partial charge in [-0.1, -0.05) is 41.4 Å². The van der Waals surface area contributed by atoms with E-state index in [0.717, 1.165) is 5.56 Å². The molecule has 1 aliphatic rings. The van der Waals surface area contributed by atoms with Gasteiger partial charge in [0.25, 0.3) is 0 Å². The van der Waals surface area contributed by atoms with Gasteiger partial charge >= 0.3 is 5.97 Å². The summed E-state index contributed by atoms with van der Waals surface area (Å²) < 4.78 is 1.49. The number of carbonyl (C=O) groups is 1. The van der Waals surface area contributed by atoms with E-state index in [1.165, 1.54) is 4.57 Å². The minimum Gasteiger partial charge on any atom is -0.475 e. The maximum Gasteiger partial charge on any atom is 0.374 e. The number of hydrogen-bond donors (Lipinski definition) is 1. The van der Waals surface area contributed by atoms with Gasteiger partial charge in [-0.05, 0) is 24.3 Å². The number of nitrogens with zero attached hydrogens (tertiary/aromatic N) is 4. The van der Waals surface area contributed by atoms with Crippen LogP contribution in [0.5, 0.6) is 0 Å². The Bertz CT molecular complexity index is 1040. The van der Waals surface area contributed by atoms with Crippen LogP contribution in [0.1, 0.15) is 27.6 Å². The molecule has 8 heteroatoms. The van der Waals surface area contributed by atoms with Crippen molar-refractivity contribution in [1.29, 1.82) is 0 Å². The van der Waals surface area contributed by atoms with E-state index < -0.39 is 5.97 Å². The zero-order chi connectivity index (χ0) is 17.6. The van der Waals surface area contributed by atoms with Crippen LogP contribution in [0.2, 0.25) is 10.0 Å². The summed E-state index contributed by atoms with van der Waals surface area (Å²) in [6, 6.07) is 12.5. The van der Waals surface area contributed by atoms with E-state index in [4.69, 9.17) is 23.2 Å². The Labute approximate surface area is 152 Å². The summed E-state index contributed by atoms with van der Waals surface area (Å²) in [6.45, 7) is 0.174. The van der Waals surface area contributed by atoms with Gasteiger partial charge < -0.3 is 5.11 Å². The fourth-order valence-electron chi connectivity index (χ4n) is 2.82. The third kappa shape index (κ3) is 2.59. The van der Waals surface area contributed by atoms with Gasteiger partial charge in [0.2, 0.25) is 5.82 Å².